The zero-order valence-electron chi connectivity index (χ0n) is 16.2. The smallest absolute Gasteiger partial charge is 0.190 e. The Balaban J connectivity index is 1.87. The normalized spacial score (nSPS) is 11.7. The molecule has 5 aromatic rings. The van der Waals surface area contributed by atoms with E-state index in [4.69, 9.17) is 4.42 Å². The lowest BCUT2D eigenvalue weighted by Gasteiger charge is -2.22. The van der Waals surface area contributed by atoms with Crippen molar-refractivity contribution in [2.75, 3.05) is 0 Å². The number of furan rings is 1. The van der Waals surface area contributed by atoms with Gasteiger partial charge in [-0.1, -0.05) is 72.8 Å². The Hall–Kier alpha value is -3.49. The molecule has 148 valence electrons. The van der Waals surface area contributed by atoms with Crippen molar-refractivity contribution < 1.29 is 14.1 Å². The van der Waals surface area contributed by atoms with Crippen molar-refractivity contribution in [3.05, 3.63) is 109 Å². The minimum absolute atomic E-state index is 0.0493. The lowest BCUT2D eigenvalue weighted by atomic mass is 10.2. The van der Waals surface area contributed by atoms with E-state index in [0.717, 1.165) is 11.3 Å². The molecule has 1 N–H and O–H groups in total. The lowest BCUT2D eigenvalue weighted by molar-refractivity contribution is 0.479. The van der Waals surface area contributed by atoms with E-state index in [1.165, 1.54) is 0 Å². The second-order valence-electron chi connectivity index (χ2n) is 7.14. The maximum absolute atomic E-state index is 14.9. The van der Waals surface area contributed by atoms with Crippen molar-refractivity contribution in [1.82, 2.24) is 4.57 Å². The van der Waals surface area contributed by atoms with E-state index in [0.29, 0.717) is 28.0 Å². The average molecular weight is 413 g/mol. The summed E-state index contributed by atoms with van der Waals surface area (Å²) in [6.07, 6.45) is 1.62. The van der Waals surface area contributed by atoms with Gasteiger partial charge >= 0.3 is 0 Å². The van der Waals surface area contributed by atoms with Crippen molar-refractivity contribution >= 4 is 34.1 Å². The molecule has 0 saturated carbocycles. The van der Waals surface area contributed by atoms with Crippen LogP contribution >= 0.6 is 7.14 Å². The summed E-state index contributed by atoms with van der Waals surface area (Å²) in [6.45, 7) is 0.368. The van der Waals surface area contributed by atoms with Crippen molar-refractivity contribution in [2.45, 2.75) is 6.54 Å². The molecule has 2 heterocycles. The quantitative estimate of drug-likeness (QED) is 0.428. The summed E-state index contributed by atoms with van der Waals surface area (Å²) in [7, 11) is -3.37. The molecule has 30 heavy (non-hydrogen) atoms. The Labute approximate surface area is 174 Å². The van der Waals surface area contributed by atoms with Gasteiger partial charge in [-0.15, -0.1) is 0 Å². The average Bonchev–Trinajstić information content (AvgIpc) is 3.42. The fourth-order valence-electron chi connectivity index (χ4n) is 3.98. The standard InChI is InChI=1S/C25H20NO3P/c27-24-22-15-7-8-16-23(22)26(18-19-10-9-17-29-19)25(24)30(28,20-11-3-1-4-12-20)21-13-5-2-6-14-21/h1-17,27H,18H2. The Bertz CT molecular complexity index is 1300. The van der Waals surface area contributed by atoms with Crippen LogP contribution in [0.1, 0.15) is 5.76 Å². The second kappa shape index (κ2) is 7.40. The van der Waals surface area contributed by atoms with Crippen LogP contribution in [0.25, 0.3) is 10.9 Å². The third-order valence-electron chi connectivity index (χ3n) is 5.35. The minimum Gasteiger partial charge on any atom is -0.505 e. The highest BCUT2D eigenvalue weighted by Crippen LogP contribution is 2.47. The first kappa shape index (κ1) is 18.5. The van der Waals surface area contributed by atoms with E-state index < -0.39 is 7.14 Å². The topological polar surface area (TPSA) is 55.4 Å². The summed E-state index contributed by atoms with van der Waals surface area (Å²) in [4.78, 5) is 0. The summed E-state index contributed by atoms with van der Waals surface area (Å²) in [5.74, 6) is 0.776. The molecule has 0 fully saturated rings. The highest BCUT2D eigenvalue weighted by molar-refractivity contribution is 7.85. The van der Waals surface area contributed by atoms with Crippen LogP contribution in [0.4, 0.5) is 0 Å². The first-order valence-electron chi connectivity index (χ1n) is 9.74. The number of nitrogens with zero attached hydrogens (tertiary/aromatic N) is 1. The molecule has 0 aliphatic heterocycles. The summed E-state index contributed by atoms with van der Waals surface area (Å²) in [5.41, 5.74) is 1.23. The molecule has 0 saturated heterocycles. The minimum atomic E-state index is -3.37. The van der Waals surface area contributed by atoms with Gasteiger partial charge in [0.1, 0.15) is 11.2 Å². The first-order valence-corrected chi connectivity index (χ1v) is 11.4. The van der Waals surface area contributed by atoms with Gasteiger partial charge in [-0.05, 0) is 24.3 Å². The molecule has 0 bridgehead atoms. The first-order chi connectivity index (χ1) is 14.7. The number of para-hydroxylation sites is 1. The second-order valence-corrected chi connectivity index (χ2v) is 9.81. The summed E-state index contributed by atoms with van der Waals surface area (Å²) >= 11 is 0. The number of fused-ring (bicyclic) bond motifs is 1. The number of aromatic hydroxyl groups is 1. The molecule has 5 heteroatoms. The van der Waals surface area contributed by atoms with E-state index in [2.05, 4.69) is 0 Å². The fourth-order valence-corrected chi connectivity index (χ4v) is 6.89. The third-order valence-corrected chi connectivity index (χ3v) is 8.45. The van der Waals surface area contributed by atoms with Crippen LogP contribution in [-0.4, -0.2) is 9.67 Å². The van der Waals surface area contributed by atoms with Crippen LogP contribution < -0.4 is 16.0 Å². The lowest BCUT2D eigenvalue weighted by Crippen LogP contribution is -2.30. The van der Waals surface area contributed by atoms with Crippen LogP contribution in [0, 0.1) is 0 Å². The maximum atomic E-state index is 14.9. The monoisotopic (exact) mass is 413 g/mol. The van der Waals surface area contributed by atoms with Crippen molar-refractivity contribution in [2.24, 2.45) is 0 Å². The molecule has 2 aromatic heterocycles. The zero-order valence-corrected chi connectivity index (χ0v) is 17.1. The fraction of sp³-hybridized carbons (Fsp3) is 0.0400. The molecule has 0 unspecified atom stereocenters. The number of rotatable bonds is 5. The molecule has 0 aliphatic carbocycles. The van der Waals surface area contributed by atoms with Gasteiger partial charge in [-0.2, -0.15) is 0 Å². The molecule has 0 aliphatic rings. The Morgan fingerprint density at radius 1 is 0.767 bits per heavy atom. The molecule has 5 rings (SSSR count). The number of hydrogen-bond donors (Lipinski definition) is 1. The van der Waals surface area contributed by atoms with Crippen LogP contribution in [0.3, 0.4) is 0 Å². The van der Waals surface area contributed by atoms with Gasteiger partial charge in [0.15, 0.2) is 12.9 Å². The highest BCUT2D eigenvalue weighted by atomic mass is 31.2. The summed E-state index contributed by atoms with van der Waals surface area (Å²) in [6, 6.07) is 30.0. The summed E-state index contributed by atoms with van der Waals surface area (Å²) < 4.78 is 22.4. The van der Waals surface area contributed by atoms with Crippen molar-refractivity contribution in [1.29, 1.82) is 0 Å². The van der Waals surface area contributed by atoms with E-state index in [1.54, 1.807) is 6.26 Å². The van der Waals surface area contributed by atoms with E-state index in [-0.39, 0.29) is 5.75 Å². The predicted molar refractivity (Wildman–Crippen MR) is 121 cm³/mol. The van der Waals surface area contributed by atoms with Gasteiger partial charge in [0.05, 0.1) is 18.3 Å². The summed E-state index contributed by atoms with van der Waals surface area (Å²) in [5, 5.41) is 13.4. The van der Waals surface area contributed by atoms with Crippen molar-refractivity contribution in [3.63, 3.8) is 0 Å². The molecule has 3 aromatic carbocycles. The number of benzene rings is 3. The zero-order chi connectivity index (χ0) is 20.6. The van der Waals surface area contributed by atoms with Crippen LogP contribution in [-0.2, 0) is 11.1 Å². The van der Waals surface area contributed by atoms with Crippen LogP contribution in [0.5, 0.6) is 5.75 Å². The van der Waals surface area contributed by atoms with Gasteiger partial charge in [-0.3, -0.25) is 0 Å². The molecule has 0 amide bonds. The van der Waals surface area contributed by atoms with Gasteiger partial charge in [-0.25, -0.2) is 0 Å². The number of hydrogen-bond acceptors (Lipinski definition) is 3. The predicted octanol–water partition coefficient (Wildman–Crippen LogP) is 4.63. The van der Waals surface area contributed by atoms with E-state index in [1.807, 2.05) is 102 Å². The maximum Gasteiger partial charge on any atom is 0.190 e. The molecular formula is C25H20NO3P. The Morgan fingerprint density at radius 3 is 1.97 bits per heavy atom. The molecule has 0 spiro atoms. The number of aromatic nitrogens is 1. The van der Waals surface area contributed by atoms with E-state index >= 15 is 0 Å². The van der Waals surface area contributed by atoms with Crippen LogP contribution in [0.15, 0.2) is 108 Å². The highest BCUT2D eigenvalue weighted by Gasteiger charge is 2.37. The SMILES string of the molecule is O=P(c1ccccc1)(c1ccccc1)c1c(O)c2ccccc2n1Cc1ccco1. The Kier molecular flexibility index (Phi) is 4.57. The molecule has 0 atom stereocenters. The molecule has 0 radical (unpaired) electrons. The van der Waals surface area contributed by atoms with E-state index in [9.17, 15) is 9.67 Å². The molecular weight excluding hydrogens is 393 g/mol. The third kappa shape index (κ3) is 2.89. The van der Waals surface area contributed by atoms with Gasteiger partial charge in [0, 0.05) is 16.0 Å². The van der Waals surface area contributed by atoms with Crippen molar-refractivity contribution in [3.8, 4) is 5.75 Å². The van der Waals surface area contributed by atoms with Gasteiger partial charge in [0.2, 0.25) is 0 Å². The Morgan fingerprint density at radius 2 is 1.37 bits per heavy atom. The van der Waals surface area contributed by atoms with Gasteiger partial charge < -0.3 is 18.7 Å². The van der Waals surface area contributed by atoms with Gasteiger partial charge in [0.25, 0.3) is 0 Å². The molecule has 4 nitrogen and oxygen atoms in total. The largest absolute Gasteiger partial charge is 0.505 e. The van der Waals surface area contributed by atoms with Crippen LogP contribution in [0.2, 0.25) is 0 Å².